The van der Waals surface area contributed by atoms with Crippen LogP contribution >= 0.6 is 35.6 Å². The summed E-state index contributed by atoms with van der Waals surface area (Å²) in [5.41, 5.74) is 0.518. The van der Waals surface area contributed by atoms with E-state index < -0.39 is 0 Å². The van der Waals surface area contributed by atoms with Gasteiger partial charge in [0.25, 0.3) is 0 Å². The summed E-state index contributed by atoms with van der Waals surface area (Å²) in [5, 5.41) is 3.77. The van der Waals surface area contributed by atoms with Crippen molar-refractivity contribution in [2.24, 2.45) is 4.99 Å². The van der Waals surface area contributed by atoms with Crippen LogP contribution < -0.4 is 10.2 Å². The van der Waals surface area contributed by atoms with Gasteiger partial charge in [0.05, 0.1) is 0 Å². The van der Waals surface area contributed by atoms with Gasteiger partial charge in [-0.15, -0.1) is 24.0 Å². The lowest BCUT2D eigenvalue weighted by Gasteiger charge is -2.36. The Morgan fingerprint density at radius 2 is 1.89 bits per heavy atom. The van der Waals surface area contributed by atoms with Gasteiger partial charge >= 0.3 is 0 Å². The summed E-state index contributed by atoms with van der Waals surface area (Å²) < 4.78 is 13.9. The molecule has 1 aromatic carbocycles. The molecule has 1 fully saturated rings. The minimum atomic E-state index is -0.279. The fourth-order valence-electron chi connectivity index (χ4n) is 3.04. The van der Waals surface area contributed by atoms with Crippen LogP contribution in [0.15, 0.2) is 41.7 Å². The number of nitrogens with one attached hydrogen (secondary N) is 1. The average Bonchev–Trinajstić information content (AvgIpc) is 2.70. The zero-order valence-electron chi connectivity index (χ0n) is 15.8. The molecule has 152 valence electrons. The molecule has 0 radical (unpaired) electrons. The van der Waals surface area contributed by atoms with E-state index in [9.17, 15) is 4.39 Å². The third-order valence-electron chi connectivity index (χ3n) is 4.43. The van der Waals surface area contributed by atoms with Crippen molar-refractivity contribution < 1.29 is 4.39 Å². The van der Waals surface area contributed by atoms with Gasteiger partial charge in [-0.25, -0.2) is 14.4 Å². The second kappa shape index (κ2) is 11.4. The predicted octanol–water partition coefficient (Wildman–Crippen LogP) is 3.22. The molecule has 1 N–H and O–H groups in total. The van der Waals surface area contributed by atoms with Gasteiger partial charge in [0, 0.05) is 62.2 Å². The van der Waals surface area contributed by atoms with Crippen molar-refractivity contribution in [2.45, 2.75) is 13.3 Å². The van der Waals surface area contributed by atoms with E-state index in [2.05, 4.69) is 30.1 Å². The zero-order chi connectivity index (χ0) is 19.1. The van der Waals surface area contributed by atoms with E-state index in [4.69, 9.17) is 11.6 Å². The first kappa shape index (κ1) is 22.6. The van der Waals surface area contributed by atoms with Gasteiger partial charge < -0.3 is 15.1 Å². The molecule has 2 heterocycles. The fraction of sp³-hybridized carbons (Fsp3) is 0.421. The first-order valence-corrected chi connectivity index (χ1v) is 9.55. The van der Waals surface area contributed by atoms with Gasteiger partial charge in [-0.3, -0.25) is 4.99 Å². The van der Waals surface area contributed by atoms with Crippen LogP contribution in [-0.4, -0.2) is 60.1 Å². The zero-order valence-corrected chi connectivity index (χ0v) is 18.9. The summed E-state index contributed by atoms with van der Waals surface area (Å²) in [6.07, 6.45) is 3.99. The first-order valence-electron chi connectivity index (χ1n) is 9.17. The van der Waals surface area contributed by atoms with E-state index >= 15 is 0 Å². The molecule has 2 aromatic rings. The van der Waals surface area contributed by atoms with Gasteiger partial charge in [0.15, 0.2) is 5.96 Å². The third-order valence-corrected chi connectivity index (χ3v) is 4.79. The number of rotatable bonds is 5. The standard InChI is InChI=1S/C19H24ClFN6.HI/c1-2-22-18(25-10-7-15-16(20)5-3-6-17(15)21)26-11-13-27(14-12-26)19-23-8-4-9-24-19;/h3-6,8-9H,2,7,10-14H2,1H3,(H,22,25);1H. The Kier molecular flexibility index (Phi) is 9.17. The quantitative estimate of drug-likeness (QED) is 0.374. The minimum absolute atomic E-state index is 0. The SMILES string of the molecule is CCNC(=NCCc1c(F)cccc1Cl)N1CCN(c2ncccn2)CC1.I. The number of nitrogens with zero attached hydrogens (tertiary/aromatic N) is 5. The molecule has 0 amide bonds. The topological polar surface area (TPSA) is 56.7 Å². The molecule has 0 unspecified atom stereocenters. The summed E-state index contributed by atoms with van der Waals surface area (Å²) in [5.74, 6) is 1.33. The van der Waals surface area contributed by atoms with Crippen molar-refractivity contribution in [2.75, 3.05) is 44.2 Å². The number of guanidine groups is 1. The van der Waals surface area contributed by atoms with E-state index in [0.29, 0.717) is 23.6 Å². The molecule has 0 aliphatic carbocycles. The molecule has 0 bridgehead atoms. The van der Waals surface area contributed by atoms with Crippen molar-refractivity contribution in [3.63, 3.8) is 0 Å². The summed E-state index contributed by atoms with van der Waals surface area (Å²) >= 11 is 6.10. The smallest absolute Gasteiger partial charge is 0.225 e. The van der Waals surface area contributed by atoms with Crippen LogP contribution in [-0.2, 0) is 6.42 Å². The average molecular weight is 519 g/mol. The van der Waals surface area contributed by atoms with Crippen LogP contribution in [0, 0.1) is 5.82 Å². The van der Waals surface area contributed by atoms with E-state index in [1.54, 1.807) is 24.5 Å². The van der Waals surface area contributed by atoms with Crippen LogP contribution in [0.3, 0.4) is 0 Å². The van der Waals surface area contributed by atoms with Crippen molar-refractivity contribution >= 4 is 47.5 Å². The van der Waals surface area contributed by atoms with Crippen molar-refractivity contribution in [1.82, 2.24) is 20.2 Å². The Hall–Kier alpha value is -1.68. The van der Waals surface area contributed by atoms with Gasteiger partial charge in [0.2, 0.25) is 5.95 Å². The molecule has 28 heavy (non-hydrogen) atoms. The van der Waals surface area contributed by atoms with Crippen LogP contribution in [0.2, 0.25) is 5.02 Å². The van der Waals surface area contributed by atoms with Gasteiger partial charge in [0.1, 0.15) is 5.82 Å². The van der Waals surface area contributed by atoms with E-state index in [1.165, 1.54) is 6.07 Å². The van der Waals surface area contributed by atoms with Gasteiger partial charge in [-0.1, -0.05) is 17.7 Å². The number of piperazine rings is 1. The Balaban J connectivity index is 0.00000280. The number of benzene rings is 1. The molecule has 1 saturated heterocycles. The Bertz CT molecular complexity index is 748. The largest absolute Gasteiger partial charge is 0.357 e. The van der Waals surface area contributed by atoms with Crippen molar-refractivity contribution in [3.8, 4) is 0 Å². The van der Waals surface area contributed by atoms with Gasteiger partial charge in [-0.2, -0.15) is 0 Å². The Morgan fingerprint density at radius 1 is 1.18 bits per heavy atom. The van der Waals surface area contributed by atoms with Crippen LogP contribution in [0.1, 0.15) is 12.5 Å². The second-order valence-electron chi connectivity index (χ2n) is 6.21. The monoisotopic (exact) mass is 518 g/mol. The summed E-state index contributed by atoms with van der Waals surface area (Å²) in [7, 11) is 0. The maximum Gasteiger partial charge on any atom is 0.225 e. The van der Waals surface area contributed by atoms with Crippen LogP contribution in [0.5, 0.6) is 0 Å². The number of hydrogen-bond acceptors (Lipinski definition) is 4. The lowest BCUT2D eigenvalue weighted by Crippen LogP contribution is -2.53. The maximum atomic E-state index is 13.9. The van der Waals surface area contributed by atoms with Crippen LogP contribution in [0.4, 0.5) is 10.3 Å². The second-order valence-corrected chi connectivity index (χ2v) is 6.62. The third kappa shape index (κ3) is 5.91. The number of hydrogen-bond donors (Lipinski definition) is 1. The summed E-state index contributed by atoms with van der Waals surface area (Å²) in [6.45, 7) is 6.60. The number of aromatic nitrogens is 2. The first-order chi connectivity index (χ1) is 13.2. The number of anilines is 1. The minimum Gasteiger partial charge on any atom is -0.357 e. The highest BCUT2D eigenvalue weighted by Gasteiger charge is 2.21. The highest BCUT2D eigenvalue weighted by Crippen LogP contribution is 2.19. The molecule has 0 atom stereocenters. The normalized spacial score (nSPS) is 14.6. The molecule has 6 nitrogen and oxygen atoms in total. The van der Waals surface area contributed by atoms with E-state index in [1.807, 2.05) is 13.0 Å². The van der Waals surface area contributed by atoms with Crippen molar-refractivity contribution in [1.29, 1.82) is 0 Å². The van der Waals surface area contributed by atoms with E-state index in [0.717, 1.165) is 44.6 Å². The highest BCUT2D eigenvalue weighted by molar-refractivity contribution is 14.0. The molecule has 1 aliphatic rings. The number of halogens is 3. The molecular formula is C19H25ClFIN6. The summed E-state index contributed by atoms with van der Waals surface area (Å²) in [4.78, 5) is 17.7. The lowest BCUT2D eigenvalue weighted by molar-refractivity contribution is 0.370. The number of aliphatic imine (C=N–C) groups is 1. The Morgan fingerprint density at radius 3 is 2.54 bits per heavy atom. The highest BCUT2D eigenvalue weighted by atomic mass is 127. The molecule has 3 rings (SSSR count). The van der Waals surface area contributed by atoms with Gasteiger partial charge in [-0.05, 0) is 31.5 Å². The molecular weight excluding hydrogens is 494 g/mol. The summed E-state index contributed by atoms with van der Waals surface area (Å²) in [6, 6.07) is 6.57. The van der Waals surface area contributed by atoms with Crippen LogP contribution in [0.25, 0.3) is 0 Å². The maximum absolute atomic E-state index is 13.9. The molecule has 1 aliphatic heterocycles. The molecule has 0 spiro atoms. The van der Waals surface area contributed by atoms with E-state index in [-0.39, 0.29) is 29.8 Å². The lowest BCUT2D eigenvalue weighted by atomic mass is 10.1. The van der Waals surface area contributed by atoms with Crippen molar-refractivity contribution in [3.05, 3.63) is 53.1 Å². The molecule has 0 saturated carbocycles. The predicted molar refractivity (Wildman–Crippen MR) is 122 cm³/mol. The molecule has 9 heteroatoms. The fourth-order valence-corrected chi connectivity index (χ4v) is 3.30. The Labute approximate surface area is 187 Å². The molecule has 1 aromatic heterocycles.